The Bertz CT molecular complexity index is 180. The summed E-state index contributed by atoms with van der Waals surface area (Å²) in [7, 11) is 0. The predicted octanol–water partition coefficient (Wildman–Crippen LogP) is 1.15. The molecular weight excluding hydrogens is 176 g/mol. The summed E-state index contributed by atoms with van der Waals surface area (Å²) in [6, 6.07) is 0.289. The van der Waals surface area contributed by atoms with Gasteiger partial charge in [0.15, 0.2) is 0 Å². The van der Waals surface area contributed by atoms with E-state index in [1.54, 1.807) is 0 Å². The lowest BCUT2D eigenvalue weighted by atomic mass is 10.0. The Morgan fingerprint density at radius 2 is 2.21 bits per heavy atom. The smallest absolute Gasteiger partial charge is 0.220 e. The number of rotatable bonds is 4. The first kappa shape index (κ1) is 11.5. The quantitative estimate of drug-likeness (QED) is 0.711. The van der Waals surface area contributed by atoms with Crippen molar-refractivity contribution in [2.75, 3.05) is 13.1 Å². The van der Waals surface area contributed by atoms with Crippen LogP contribution in [0.15, 0.2) is 0 Å². The molecule has 1 amide bonds. The van der Waals surface area contributed by atoms with E-state index in [1.807, 2.05) is 0 Å². The number of nitrogens with one attached hydrogen (secondary N) is 2. The van der Waals surface area contributed by atoms with Gasteiger partial charge >= 0.3 is 0 Å². The van der Waals surface area contributed by atoms with Crippen LogP contribution in [0.2, 0.25) is 0 Å². The molecule has 0 aromatic rings. The molecule has 1 aliphatic heterocycles. The van der Waals surface area contributed by atoms with Crippen LogP contribution in [0.4, 0.5) is 0 Å². The van der Waals surface area contributed by atoms with Crippen LogP contribution in [-0.4, -0.2) is 25.0 Å². The molecule has 0 saturated carbocycles. The molecule has 0 bridgehead atoms. The minimum Gasteiger partial charge on any atom is -0.353 e. The first-order valence-electron chi connectivity index (χ1n) is 5.59. The van der Waals surface area contributed by atoms with Gasteiger partial charge in [-0.25, -0.2) is 0 Å². The number of hydrogen-bond acceptors (Lipinski definition) is 2. The normalized spacial score (nSPS) is 23.9. The Morgan fingerprint density at radius 1 is 1.50 bits per heavy atom. The summed E-state index contributed by atoms with van der Waals surface area (Å²) in [5, 5.41) is 6.31. The highest BCUT2D eigenvalue weighted by atomic mass is 16.1. The van der Waals surface area contributed by atoms with Crippen molar-refractivity contribution < 1.29 is 4.79 Å². The lowest BCUT2D eigenvalue weighted by molar-refractivity contribution is -0.122. The molecule has 0 radical (unpaired) electrons. The number of carbonyl (C=O) groups excluding carboxylic acids is 1. The van der Waals surface area contributed by atoms with Gasteiger partial charge in [0.2, 0.25) is 5.91 Å². The number of carbonyl (C=O) groups is 1. The topological polar surface area (TPSA) is 41.1 Å². The minimum absolute atomic E-state index is 0.208. The van der Waals surface area contributed by atoms with Gasteiger partial charge in [0, 0.05) is 12.5 Å². The van der Waals surface area contributed by atoms with E-state index in [0.717, 1.165) is 19.5 Å². The molecule has 2 atom stereocenters. The third-order valence-corrected chi connectivity index (χ3v) is 3.03. The fourth-order valence-electron chi connectivity index (χ4n) is 1.63. The van der Waals surface area contributed by atoms with Gasteiger partial charge in [0.1, 0.15) is 0 Å². The third kappa shape index (κ3) is 3.66. The summed E-state index contributed by atoms with van der Waals surface area (Å²) < 4.78 is 0. The Balaban J connectivity index is 2.21. The Labute approximate surface area is 86.6 Å². The van der Waals surface area contributed by atoms with Gasteiger partial charge in [-0.1, -0.05) is 13.8 Å². The molecule has 3 heteroatoms. The van der Waals surface area contributed by atoms with Crippen molar-refractivity contribution in [1.29, 1.82) is 0 Å². The van der Waals surface area contributed by atoms with E-state index in [-0.39, 0.29) is 11.9 Å². The highest BCUT2D eigenvalue weighted by Gasteiger charge is 2.19. The zero-order valence-corrected chi connectivity index (χ0v) is 9.47. The van der Waals surface area contributed by atoms with Gasteiger partial charge < -0.3 is 10.6 Å². The highest BCUT2D eigenvalue weighted by Crippen LogP contribution is 2.12. The van der Waals surface area contributed by atoms with Gasteiger partial charge in [-0.2, -0.15) is 0 Å². The molecule has 0 aliphatic carbocycles. The van der Waals surface area contributed by atoms with Gasteiger partial charge in [-0.05, 0) is 38.3 Å². The molecule has 2 N–H and O–H groups in total. The van der Waals surface area contributed by atoms with E-state index >= 15 is 0 Å². The molecule has 14 heavy (non-hydrogen) atoms. The maximum absolute atomic E-state index is 11.6. The van der Waals surface area contributed by atoms with Crippen molar-refractivity contribution in [3.63, 3.8) is 0 Å². The zero-order valence-electron chi connectivity index (χ0n) is 9.47. The van der Waals surface area contributed by atoms with Crippen LogP contribution in [0.25, 0.3) is 0 Å². The fourth-order valence-corrected chi connectivity index (χ4v) is 1.63. The van der Waals surface area contributed by atoms with E-state index in [0.29, 0.717) is 18.3 Å². The number of amides is 1. The summed E-state index contributed by atoms with van der Waals surface area (Å²) in [5.41, 5.74) is 0. The fraction of sp³-hybridized carbons (Fsp3) is 0.909. The second kappa shape index (κ2) is 5.35. The molecule has 0 aromatic carbocycles. The maximum Gasteiger partial charge on any atom is 0.220 e. The van der Waals surface area contributed by atoms with E-state index < -0.39 is 0 Å². The molecular formula is C11H22N2O. The van der Waals surface area contributed by atoms with Gasteiger partial charge in [0.25, 0.3) is 0 Å². The van der Waals surface area contributed by atoms with E-state index in [1.165, 1.54) is 0 Å². The lowest BCUT2D eigenvalue weighted by Crippen LogP contribution is -2.37. The summed E-state index contributed by atoms with van der Waals surface area (Å²) in [5.74, 6) is 1.27. The molecule has 1 heterocycles. The molecule has 1 aliphatic rings. The summed E-state index contributed by atoms with van der Waals surface area (Å²) >= 11 is 0. The summed E-state index contributed by atoms with van der Waals surface area (Å²) in [6.45, 7) is 8.39. The van der Waals surface area contributed by atoms with Crippen LogP contribution >= 0.6 is 0 Å². The van der Waals surface area contributed by atoms with Crippen molar-refractivity contribution in [2.45, 2.75) is 39.7 Å². The molecule has 3 nitrogen and oxygen atoms in total. The molecule has 1 saturated heterocycles. The average molecular weight is 198 g/mol. The molecule has 1 rings (SSSR count). The summed E-state index contributed by atoms with van der Waals surface area (Å²) in [4.78, 5) is 11.6. The van der Waals surface area contributed by atoms with Crippen molar-refractivity contribution in [2.24, 2.45) is 11.8 Å². The van der Waals surface area contributed by atoms with E-state index in [4.69, 9.17) is 0 Å². The molecule has 1 fully saturated rings. The standard InChI is InChI=1S/C11H22N2O/c1-8(2)9(3)13-11(14)6-10-4-5-12-7-10/h8-10,12H,4-7H2,1-3H3,(H,13,14). The SMILES string of the molecule is CC(C)C(C)NC(=O)CC1CCNC1. The second-order valence-corrected chi connectivity index (χ2v) is 4.66. The Morgan fingerprint density at radius 3 is 2.71 bits per heavy atom. The van der Waals surface area contributed by atoms with Crippen molar-refractivity contribution in [1.82, 2.24) is 10.6 Å². The summed E-state index contributed by atoms with van der Waals surface area (Å²) in [6.07, 6.45) is 1.83. The largest absolute Gasteiger partial charge is 0.353 e. The molecule has 2 unspecified atom stereocenters. The van der Waals surface area contributed by atoms with Crippen LogP contribution in [0.3, 0.4) is 0 Å². The lowest BCUT2D eigenvalue weighted by Gasteiger charge is -2.18. The monoisotopic (exact) mass is 198 g/mol. The van der Waals surface area contributed by atoms with Crippen molar-refractivity contribution >= 4 is 5.91 Å². The van der Waals surface area contributed by atoms with Gasteiger partial charge in [-0.3, -0.25) is 4.79 Å². The maximum atomic E-state index is 11.6. The zero-order chi connectivity index (χ0) is 10.6. The van der Waals surface area contributed by atoms with Crippen LogP contribution in [0, 0.1) is 11.8 Å². The molecule has 82 valence electrons. The van der Waals surface area contributed by atoms with Crippen LogP contribution in [-0.2, 0) is 4.79 Å². The molecule has 0 aromatic heterocycles. The first-order valence-corrected chi connectivity index (χ1v) is 5.59. The van der Waals surface area contributed by atoms with E-state index in [9.17, 15) is 4.79 Å². The highest BCUT2D eigenvalue weighted by molar-refractivity contribution is 5.76. The third-order valence-electron chi connectivity index (χ3n) is 3.03. The Hall–Kier alpha value is -0.570. The second-order valence-electron chi connectivity index (χ2n) is 4.66. The molecule has 0 spiro atoms. The van der Waals surface area contributed by atoms with E-state index in [2.05, 4.69) is 31.4 Å². The van der Waals surface area contributed by atoms with Crippen molar-refractivity contribution in [3.8, 4) is 0 Å². The predicted molar refractivity (Wildman–Crippen MR) is 58.0 cm³/mol. The van der Waals surface area contributed by atoms with Gasteiger partial charge in [0.05, 0.1) is 0 Å². The van der Waals surface area contributed by atoms with Crippen LogP contribution in [0.5, 0.6) is 0 Å². The minimum atomic E-state index is 0.208. The van der Waals surface area contributed by atoms with Crippen LogP contribution < -0.4 is 10.6 Å². The average Bonchev–Trinajstić information content (AvgIpc) is 2.56. The first-order chi connectivity index (χ1) is 6.59. The Kier molecular flexibility index (Phi) is 4.39. The van der Waals surface area contributed by atoms with Crippen LogP contribution in [0.1, 0.15) is 33.6 Å². The van der Waals surface area contributed by atoms with Crippen molar-refractivity contribution in [3.05, 3.63) is 0 Å². The van der Waals surface area contributed by atoms with Gasteiger partial charge in [-0.15, -0.1) is 0 Å². The number of hydrogen-bond donors (Lipinski definition) is 2.